The molecular weight excluding hydrogens is 386 g/mol. The van der Waals surface area contributed by atoms with Crippen LogP contribution >= 0.6 is 0 Å². The van der Waals surface area contributed by atoms with Crippen LogP contribution in [0.25, 0.3) is 5.69 Å². The minimum Gasteiger partial charge on any atom is -0.323 e. The minimum absolute atomic E-state index is 0.00217. The van der Waals surface area contributed by atoms with Crippen molar-refractivity contribution in [3.05, 3.63) is 72.1 Å². The number of hydrogen-bond acceptors (Lipinski definition) is 4. The van der Waals surface area contributed by atoms with Crippen molar-refractivity contribution in [1.29, 1.82) is 0 Å². The second kappa shape index (κ2) is 6.29. The third kappa shape index (κ3) is 2.97. The lowest BCUT2D eigenvalue weighted by molar-refractivity contribution is -0.117. The van der Waals surface area contributed by atoms with E-state index in [2.05, 4.69) is 28.6 Å². The Kier molecular flexibility index (Phi) is 3.93. The standard InChI is InChI=1S/C22H21N3O3S/c1-29(27,28)20-9-5-4-8-19(20)25-14-16(13-23-25)24-21(26)18-12-22(18)11-10-15-6-2-3-7-17(15)22/h2-9,13-14,18H,10-12H2,1H3,(H,24,26). The van der Waals surface area contributed by atoms with Crippen LogP contribution in [0.1, 0.15) is 24.0 Å². The van der Waals surface area contributed by atoms with E-state index in [1.807, 2.05) is 6.07 Å². The number of carbonyl (C=O) groups excluding carboxylic acids is 1. The highest BCUT2D eigenvalue weighted by atomic mass is 32.2. The molecule has 7 heteroatoms. The van der Waals surface area contributed by atoms with Gasteiger partial charge in [-0.15, -0.1) is 0 Å². The lowest BCUT2D eigenvalue weighted by atomic mass is 9.95. The summed E-state index contributed by atoms with van der Waals surface area (Å²) >= 11 is 0. The third-order valence-electron chi connectivity index (χ3n) is 6.15. The molecule has 2 atom stereocenters. The quantitative estimate of drug-likeness (QED) is 0.721. The van der Waals surface area contributed by atoms with Gasteiger partial charge in [0.2, 0.25) is 5.91 Å². The molecular formula is C22H21N3O3S. The SMILES string of the molecule is CS(=O)(=O)c1ccccc1-n1cc(NC(=O)C2CC23CCc2ccccc23)cn1. The highest BCUT2D eigenvalue weighted by Gasteiger charge is 2.61. The summed E-state index contributed by atoms with van der Waals surface area (Å²) in [6.07, 6.45) is 7.30. The molecule has 1 heterocycles. The first-order chi connectivity index (χ1) is 13.9. The van der Waals surface area contributed by atoms with Crippen LogP contribution in [-0.2, 0) is 26.5 Å². The van der Waals surface area contributed by atoms with Crippen molar-refractivity contribution < 1.29 is 13.2 Å². The number of nitrogens with one attached hydrogen (secondary N) is 1. The minimum atomic E-state index is -3.39. The molecule has 1 N–H and O–H groups in total. The Balaban J connectivity index is 1.36. The Morgan fingerprint density at radius 3 is 2.76 bits per heavy atom. The van der Waals surface area contributed by atoms with E-state index in [1.54, 1.807) is 36.7 Å². The molecule has 29 heavy (non-hydrogen) atoms. The maximum absolute atomic E-state index is 12.9. The summed E-state index contributed by atoms with van der Waals surface area (Å²) in [4.78, 5) is 13.1. The van der Waals surface area contributed by atoms with Crippen molar-refractivity contribution in [3.63, 3.8) is 0 Å². The number of fused-ring (bicyclic) bond motifs is 2. The summed E-state index contributed by atoms with van der Waals surface area (Å²) in [6.45, 7) is 0. The van der Waals surface area contributed by atoms with E-state index in [0.29, 0.717) is 11.4 Å². The zero-order valence-electron chi connectivity index (χ0n) is 16.0. The monoisotopic (exact) mass is 407 g/mol. The van der Waals surface area contributed by atoms with Crippen LogP contribution in [0.3, 0.4) is 0 Å². The van der Waals surface area contributed by atoms with Gasteiger partial charge in [0.25, 0.3) is 0 Å². The van der Waals surface area contributed by atoms with Crippen molar-refractivity contribution in [3.8, 4) is 5.69 Å². The lowest BCUT2D eigenvalue weighted by Crippen LogP contribution is -2.19. The Bertz CT molecular complexity index is 1230. The zero-order chi connectivity index (χ0) is 20.2. The maximum Gasteiger partial charge on any atom is 0.228 e. The van der Waals surface area contributed by atoms with Crippen LogP contribution in [0.2, 0.25) is 0 Å². The molecule has 3 aromatic rings. The van der Waals surface area contributed by atoms with Gasteiger partial charge in [-0.05, 0) is 42.5 Å². The molecule has 1 spiro atoms. The molecule has 2 aromatic carbocycles. The first kappa shape index (κ1) is 18.1. The second-order valence-corrected chi connectivity index (χ2v) is 9.96. The molecule has 1 fully saturated rings. The Morgan fingerprint density at radius 2 is 1.93 bits per heavy atom. The van der Waals surface area contributed by atoms with Gasteiger partial charge in [0, 0.05) is 17.6 Å². The van der Waals surface area contributed by atoms with Gasteiger partial charge in [-0.1, -0.05) is 36.4 Å². The van der Waals surface area contributed by atoms with E-state index >= 15 is 0 Å². The van der Waals surface area contributed by atoms with Gasteiger partial charge in [0.15, 0.2) is 9.84 Å². The lowest BCUT2D eigenvalue weighted by Gasteiger charge is -2.11. The number of rotatable bonds is 4. The summed E-state index contributed by atoms with van der Waals surface area (Å²) in [7, 11) is -3.39. The van der Waals surface area contributed by atoms with Crippen LogP contribution in [-0.4, -0.2) is 30.4 Å². The third-order valence-corrected chi connectivity index (χ3v) is 7.29. The predicted molar refractivity (Wildman–Crippen MR) is 110 cm³/mol. The fraction of sp³-hybridized carbons (Fsp3) is 0.273. The first-order valence-electron chi connectivity index (χ1n) is 9.62. The van der Waals surface area contributed by atoms with E-state index in [9.17, 15) is 13.2 Å². The Morgan fingerprint density at radius 1 is 1.17 bits per heavy atom. The van der Waals surface area contributed by atoms with E-state index < -0.39 is 9.84 Å². The van der Waals surface area contributed by atoms with Crippen LogP contribution < -0.4 is 5.32 Å². The number of aryl methyl sites for hydroxylation is 1. The van der Waals surface area contributed by atoms with Gasteiger partial charge in [-0.3, -0.25) is 4.79 Å². The average Bonchev–Trinajstić information content (AvgIpc) is 3.05. The maximum atomic E-state index is 12.9. The molecule has 2 unspecified atom stereocenters. The van der Waals surface area contributed by atoms with E-state index in [-0.39, 0.29) is 22.1 Å². The van der Waals surface area contributed by atoms with Crippen molar-refractivity contribution in [1.82, 2.24) is 9.78 Å². The number of anilines is 1. The normalized spacial score (nSPS) is 22.4. The second-order valence-electron chi connectivity index (χ2n) is 7.97. The zero-order valence-corrected chi connectivity index (χ0v) is 16.8. The summed E-state index contributed by atoms with van der Waals surface area (Å²) in [5, 5.41) is 7.22. The largest absolute Gasteiger partial charge is 0.323 e. The fourth-order valence-corrected chi connectivity index (χ4v) is 5.52. The fourth-order valence-electron chi connectivity index (χ4n) is 4.65. The predicted octanol–water partition coefficient (Wildman–Crippen LogP) is 3.12. The van der Waals surface area contributed by atoms with Crippen LogP contribution in [0.4, 0.5) is 5.69 Å². The number of para-hydroxylation sites is 1. The number of carbonyl (C=O) groups is 1. The summed E-state index contributed by atoms with van der Waals surface area (Å²) in [5.41, 5.74) is 3.68. The Labute approximate surface area is 169 Å². The molecule has 6 nitrogen and oxygen atoms in total. The summed E-state index contributed by atoms with van der Waals surface area (Å²) in [5.74, 6) is -0.0320. The van der Waals surface area contributed by atoms with Gasteiger partial charge in [0.05, 0.1) is 28.7 Å². The molecule has 2 aliphatic carbocycles. The highest BCUT2D eigenvalue weighted by molar-refractivity contribution is 7.90. The van der Waals surface area contributed by atoms with Crippen LogP contribution in [0.15, 0.2) is 65.8 Å². The smallest absolute Gasteiger partial charge is 0.228 e. The van der Waals surface area contributed by atoms with Crippen molar-refractivity contribution >= 4 is 21.4 Å². The van der Waals surface area contributed by atoms with Gasteiger partial charge in [-0.25, -0.2) is 13.1 Å². The van der Waals surface area contributed by atoms with Crippen molar-refractivity contribution in [2.75, 3.05) is 11.6 Å². The molecule has 0 bridgehead atoms. The molecule has 0 saturated heterocycles. The number of nitrogens with zero attached hydrogens (tertiary/aromatic N) is 2. The molecule has 1 saturated carbocycles. The first-order valence-corrected chi connectivity index (χ1v) is 11.5. The molecule has 1 amide bonds. The van der Waals surface area contributed by atoms with Gasteiger partial charge in [-0.2, -0.15) is 5.10 Å². The molecule has 0 radical (unpaired) electrons. The molecule has 5 rings (SSSR count). The van der Waals surface area contributed by atoms with E-state index in [1.165, 1.54) is 22.1 Å². The Hall–Kier alpha value is -2.93. The molecule has 0 aliphatic heterocycles. The molecule has 1 aromatic heterocycles. The summed E-state index contributed by atoms with van der Waals surface area (Å²) < 4.78 is 25.6. The topological polar surface area (TPSA) is 81.1 Å². The number of aromatic nitrogens is 2. The van der Waals surface area contributed by atoms with E-state index in [0.717, 1.165) is 19.3 Å². The molecule has 2 aliphatic rings. The van der Waals surface area contributed by atoms with Gasteiger partial charge in [0.1, 0.15) is 0 Å². The average molecular weight is 407 g/mol. The van der Waals surface area contributed by atoms with Crippen molar-refractivity contribution in [2.24, 2.45) is 5.92 Å². The van der Waals surface area contributed by atoms with Crippen LogP contribution in [0, 0.1) is 5.92 Å². The number of amides is 1. The summed E-state index contributed by atoms with van der Waals surface area (Å²) in [6, 6.07) is 15.1. The molecule has 148 valence electrons. The van der Waals surface area contributed by atoms with Crippen LogP contribution in [0.5, 0.6) is 0 Å². The highest BCUT2D eigenvalue weighted by Crippen LogP contribution is 2.61. The van der Waals surface area contributed by atoms with Gasteiger partial charge < -0.3 is 5.32 Å². The van der Waals surface area contributed by atoms with Crippen molar-refractivity contribution in [2.45, 2.75) is 29.6 Å². The van der Waals surface area contributed by atoms with Gasteiger partial charge >= 0.3 is 0 Å². The number of sulfone groups is 1. The number of hydrogen-bond donors (Lipinski definition) is 1. The van der Waals surface area contributed by atoms with E-state index in [4.69, 9.17) is 0 Å². The number of benzene rings is 2.